The van der Waals surface area contributed by atoms with E-state index in [-0.39, 0.29) is 29.6 Å². The first-order valence-electron chi connectivity index (χ1n) is 1.84. The van der Waals surface area contributed by atoms with E-state index in [9.17, 15) is 4.79 Å². The van der Waals surface area contributed by atoms with Crippen LogP contribution in [0.5, 0.6) is 0 Å². The minimum Gasteiger partial charge on any atom is -0.554 e. The van der Waals surface area contributed by atoms with E-state index in [1.807, 2.05) is 0 Å². The smallest absolute Gasteiger partial charge is 0.554 e. The van der Waals surface area contributed by atoms with Crippen LogP contribution >= 0.6 is 25.6 Å². The van der Waals surface area contributed by atoms with E-state index >= 15 is 0 Å². The largest absolute Gasteiger partial charge is 1.00 e. The molecule has 0 aliphatic carbocycles. The Morgan fingerprint density at radius 2 is 1.91 bits per heavy atom. The number of hydrogen-bond donors (Lipinski definition) is 4. The van der Waals surface area contributed by atoms with E-state index in [4.69, 9.17) is 9.90 Å². The fraction of sp³-hybridized carbons (Fsp3) is 0. The molecule has 0 aliphatic rings. The topological polar surface area (TPSA) is 98.5 Å². The zero-order valence-corrected chi connectivity index (χ0v) is 9.51. The SMILES string of the molecule is NNC(=O)N(S)S.O=C[O-].[Na+]. The van der Waals surface area contributed by atoms with Gasteiger partial charge in [0.25, 0.3) is 0 Å². The average Bonchev–Trinajstić information content (AvgIpc) is 1.88. The van der Waals surface area contributed by atoms with Crippen LogP contribution in [0.4, 0.5) is 4.79 Å². The predicted molar refractivity (Wildman–Crippen MR) is 38.6 cm³/mol. The quantitative estimate of drug-likeness (QED) is 0.0797. The summed E-state index contributed by atoms with van der Waals surface area (Å²) >= 11 is 6.96. The summed E-state index contributed by atoms with van der Waals surface area (Å²) in [5.41, 5.74) is 1.80. The Balaban J connectivity index is -0.000000140. The number of nitrogens with zero attached hydrogens (tertiary/aromatic N) is 1. The summed E-state index contributed by atoms with van der Waals surface area (Å²) in [5.74, 6) is 4.63. The Labute approximate surface area is 96.8 Å². The third-order valence-corrected chi connectivity index (χ3v) is 0.668. The molecule has 0 bridgehead atoms. The molecule has 0 saturated carbocycles. The van der Waals surface area contributed by atoms with Crippen LogP contribution in [0.15, 0.2) is 0 Å². The number of carbonyl (C=O) groups excluding carboxylic acids is 2. The van der Waals surface area contributed by atoms with Gasteiger partial charge in [-0.2, -0.15) is 0 Å². The van der Waals surface area contributed by atoms with Crippen LogP contribution in [-0.4, -0.2) is 16.2 Å². The molecule has 0 rings (SSSR count). The molecular weight excluding hydrogens is 201 g/mol. The Bertz CT molecular complexity index is 113. The number of hydrazine groups is 1. The van der Waals surface area contributed by atoms with Crippen LogP contribution in [-0.2, 0) is 4.79 Å². The number of amides is 2. The molecule has 0 aromatic heterocycles. The monoisotopic (exact) mass is 207 g/mol. The summed E-state index contributed by atoms with van der Waals surface area (Å²) < 4.78 is 0.736. The Kier molecular flexibility index (Phi) is 20.7. The van der Waals surface area contributed by atoms with Crippen LogP contribution < -0.4 is 45.9 Å². The minimum atomic E-state index is -0.563. The Morgan fingerprint density at radius 1 is 1.64 bits per heavy atom. The molecule has 0 atom stereocenters. The zero-order valence-electron chi connectivity index (χ0n) is 5.72. The molecule has 0 radical (unpaired) electrons. The second kappa shape index (κ2) is 13.0. The second-order valence-electron chi connectivity index (χ2n) is 0.835. The van der Waals surface area contributed by atoms with Crippen LogP contribution in [0.2, 0.25) is 0 Å². The Hall–Kier alpha value is 0.400. The molecule has 0 aliphatic heterocycles. The molecular formula is C2H6N3NaO3S2. The summed E-state index contributed by atoms with van der Waals surface area (Å²) in [6.45, 7) is -0.500. The number of thiol groups is 2. The van der Waals surface area contributed by atoms with Gasteiger partial charge >= 0.3 is 35.6 Å². The Morgan fingerprint density at radius 3 is 1.91 bits per heavy atom. The van der Waals surface area contributed by atoms with Crippen molar-refractivity contribution in [3.05, 3.63) is 0 Å². The van der Waals surface area contributed by atoms with Crippen LogP contribution in [0.3, 0.4) is 0 Å². The van der Waals surface area contributed by atoms with Crippen molar-refractivity contribution < 1.29 is 44.3 Å². The molecule has 60 valence electrons. The van der Waals surface area contributed by atoms with Crippen LogP contribution in [0.1, 0.15) is 0 Å². The van der Waals surface area contributed by atoms with Crippen LogP contribution in [0, 0.1) is 0 Å². The molecule has 0 aromatic carbocycles. The molecule has 0 unspecified atom stereocenters. The molecule has 0 heterocycles. The number of hydrogen-bond acceptors (Lipinski definition) is 6. The number of carbonyl (C=O) groups is 2. The first kappa shape index (κ1) is 17.5. The standard InChI is InChI=1S/CH5N3OS2.CH2O2.Na/c2-3-1(5)4(6)7;2-1-3;/h6-7H,2H2,(H,3,5);1H,(H,2,3);/q;;+1/p-1. The number of rotatable bonds is 0. The van der Waals surface area contributed by atoms with Gasteiger partial charge in [-0.05, 0) is 0 Å². The molecule has 6 nitrogen and oxygen atoms in total. The van der Waals surface area contributed by atoms with Crippen molar-refractivity contribution in [3.63, 3.8) is 0 Å². The zero-order chi connectivity index (χ0) is 8.57. The van der Waals surface area contributed by atoms with Crippen molar-refractivity contribution in [1.82, 2.24) is 9.14 Å². The summed E-state index contributed by atoms with van der Waals surface area (Å²) in [5, 5.41) is 8.25. The van der Waals surface area contributed by atoms with Crippen molar-refractivity contribution in [2.75, 3.05) is 0 Å². The third kappa shape index (κ3) is 17.9. The minimum absolute atomic E-state index is 0. The maximum atomic E-state index is 10.0. The maximum absolute atomic E-state index is 10.0. The van der Waals surface area contributed by atoms with E-state index in [0.717, 1.165) is 3.71 Å². The molecule has 0 saturated heterocycles. The van der Waals surface area contributed by atoms with Crippen molar-refractivity contribution >= 4 is 38.1 Å². The van der Waals surface area contributed by atoms with Crippen molar-refractivity contribution in [3.8, 4) is 0 Å². The molecule has 2 amide bonds. The summed E-state index contributed by atoms with van der Waals surface area (Å²) in [7, 11) is 0. The normalized spacial score (nSPS) is 6.09. The molecule has 11 heavy (non-hydrogen) atoms. The number of nitrogens with two attached hydrogens (primary N) is 1. The molecule has 0 aromatic rings. The van der Waals surface area contributed by atoms with E-state index < -0.39 is 12.5 Å². The van der Waals surface area contributed by atoms with Crippen molar-refractivity contribution in [2.24, 2.45) is 5.84 Å². The maximum Gasteiger partial charge on any atom is 1.00 e. The van der Waals surface area contributed by atoms with Crippen LogP contribution in [0.25, 0.3) is 0 Å². The third-order valence-electron chi connectivity index (χ3n) is 0.305. The summed E-state index contributed by atoms with van der Waals surface area (Å²) in [4.78, 5) is 18.3. The van der Waals surface area contributed by atoms with Gasteiger partial charge in [-0.25, -0.2) is 14.3 Å². The van der Waals surface area contributed by atoms with E-state index in [0.29, 0.717) is 0 Å². The van der Waals surface area contributed by atoms with Gasteiger partial charge in [-0.1, -0.05) is 25.6 Å². The predicted octanol–water partition coefficient (Wildman–Crippen LogP) is -5.07. The number of nitrogens with one attached hydrogen (secondary N) is 1. The van der Waals surface area contributed by atoms with Gasteiger partial charge in [-0.15, -0.1) is 0 Å². The fourth-order valence-electron chi connectivity index (χ4n) is 0.0577. The number of urea groups is 1. The van der Waals surface area contributed by atoms with Crippen molar-refractivity contribution in [1.29, 1.82) is 0 Å². The van der Waals surface area contributed by atoms with Gasteiger partial charge in [0, 0.05) is 6.47 Å². The van der Waals surface area contributed by atoms with E-state index in [2.05, 4.69) is 31.5 Å². The van der Waals surface area contributed by atoms with Gasteiger partial charge in [0.05, 0.1) is 0 Å². The second-order valence-corrected chi connectivity index (χ2v) is 1.95. The molecule has 9 heteroatoms. The molecule has 0 fully saturated rings. The van der Waals surface area contributed by atoms with Gasteiger partial charge in [0.15, 0.2) is 0 Å². The summed E-state index contributed by atoms with van der Waals surface area (Å²) in [6, 6.07) is -0.563. The fourth-order valence-corrected chi connectivity index (χ4v) is 0.173. The average molecular weight is 207 g/mol. The van der Waals surface area contributed by atoms with E-state index in [1.54, 1.807) is 5.43 Å². The van der Waals surface area contributed by atoms with Gasteiger partial charge in [0.1, 0.15) is 0 Å². The first-order valence-corrected chi connectivity index (χ1v) is 2.64. The summed E-state index contributed by atoms with van der Waals surface area (Å²) in [6.07, 6.45) is 0. The molecule has 3 N–H and O–H groups in total. The van der Waals surface area contributed by atoms with Gasteiger partial charge in [0.2, 0.25) is 0 Å². The van der Waals surface area contributed by atoms with E-state index in [1.165, 1.54) is 0 Å². The first-order chi connectivity index (χ1) is 4.59. The number of carboxylic acid groups (broad SMARTS) is 1. The van der Waals surface area contributed by atoms with Crippen molar-refractivity contribution in [2.45, 2.75) is 0 Å². The van der Waals surface area contributed by atoms with Gasteiger partial charge < -0.3 is 9.90 Å². The van der Waals surface area contributed by atoms with Gasteiger partial charge in [-0.3, -0.25) is 5.43 Å². The molecule has 0 spiro atoms.